The Morgan fingerprint density at radius 3 is 2.72 bits per heavy atom. The van der Waals surface area contributed by atoms with E-state index in [4.69, 9.17) is 10.5 Å². The van der Waals surface area contributed by atoms with Crippen LogP contribution in [0.2, 0.25) is 0 Å². The molecule has 1 saturated heterocycles. The third kappa shape index (κ3) is 2.22. The molecule has 0 aliphatic carbocycles. The standard InChI is InChI=1S/C13H16N2O3/c1-8(16)11-4-3-10(6-12(11)18-2)15-7-9(14)5-13(15)17/h3-4,6,9H,5,7,14H2,1-2H3. The van der Waals surface area contributed by atoms with Crippen molar-refractivity contribution in [3.05, 3.63) is 23.8 Å². The van der Waals surface area contributed by atoms with Crippen LogP contribution in [0.15, 0.2) is 18.2 Å². The summed E-state index contributed by atoms with van der Waals surface area (Å²) < 4.78 is 5.18. The molecule has 5 heteroatoms. The van der Waals surface area contributed by atoms with E-state index in [-0.39, 0.29) is 17.7 Å². The molecule has 96 valence electrons. The van der Waals surface area contributed by atoms with Crippen molar-refractivity contribution in [1.29, 1.82) is 0 Å². The molecule has 0 bridgehead atoms. The number of hydrogen-bond acceptors (Lipinski definition) is 4. The van der Waals surface area contributed by atoms with Gasteiger partial charge in [-0.1, -0.05) is 0 Å². The predicted molar refractivity (Wildman–Crippen MR) is 67.9 cm³/mol. The molecular formula is C13H16N2O3. The fourth-order valence-corrected chi connectivity index (χ4v) is 2.12. The van der Waals surface area contributed by atoms with Gasteiger partial charge < -0.3 is 15.4 Å². The van der Waals surface area contributed by atoms with Crippen molar-refractivity contribution in [2.45, 2.75) is 19.4 Å². The highest BCUT2D eigenvalue weighted by Gasteiger charge is 2.28. The lowest BCUT2D eigenvalue weighted by Gasteiger charge is -2.17. The number of benzene rings is 1. The van der Waals surface area contributed by atoms with E-state index in [1.165, 1.54) is 14.0 Å². The maximum atomic E-state index is 11.7. The number of nitrogens with zero attached hydrogens (tertiary/aromatic N) is 1. The van der Waals surface area contributed by atoms with Gasteiger partial charge in [-0.2, -0.15) is 0 Å². The second kappa shape index (κ2) is 4.78. The number of carbonyl (C=O) groups is 2. The number of rotatable bonds is 3. The van der Waals surface area contributed by atoms with Gasteiger partial charge in [-0.05, 0) is 19.1 Å². The zero-order chi connectivity index (χ0) is 13.3. The van der Waals surface area contributed by atoms with E-state index in [0.29, 0.717) is 24.3 Å². The van der Waals surface area contributed by atoms with Crippen LogP contribution in [0.1, 0.15) is 23.7 Å². The molecule has 2 N–H and O–H groups in total. The van der Waals surface area contributed by atoms with Crippen molar-refractivity contribution in [3.8, 4) is 5.75 Å². The van der Waals surface area contributed by atoms with Crippen molar-refractivity contribution in [2.75, 3.05) is 18.6 Å². The average Bonchev–Trinajstić information content (AvgIpc) is 2.67. The third-order valence-corrected chi connectivity index (χ3v) is 3.03. The third-order valence-electron chi connectivity index (χ3n) is 3.03. The Labute approximate surface area is 106 Å². The van der Waals surface area contributed by atoms with Gasteiger partial charge in [0, 0.05) is 30.8 Å². The molecule has 1 aliphatic rings. The first-order valence-corrected chi connectivity index (χ1v) is 5.78. The number of Topliss-reactive ketones (excluding diaryl/α,β-unsaturated/α-hetero) is 1. The number of ketones is 1. The number of carbonyl (C=O) groups excluding carboxylic acids is 2. The summed E-state index contributed by atoms with van der Waals surface area (Å²) >= 11 is 0. The van der Waals surface area contributed by atoms with Crippen molar-refractivity contribution < 1.29 is 14.3 Å². The predicted octanol–water partition coefficient (Wildman–Crippen LogP) is 0.962. The summed E-state index contributed by atoms with van der Waals surface area (Å²) in [6.45, 7) is 1.98. The van der Waals surface area contributed by atoms with Crippen LogP contribution >= 0.6 is 0 Å². The normalized spacial score (nSPS) is 19.2. The average molecular weight is 248 g/mol. The highest BCUT2D eigenvalue weighted by Crippen LogP contribution is 2.28. The molecule has 1 aliphatic heterocycles. The minimum atomic E-state index is -0.129. The Morgan fingerprint density at radius 2 is 2.22 bits per heavy atom. The van der Waals surface area contributed by atoms with Crippen LogP contribution in [-0.2, 0) is 4.79 Å². The second-order valence-electron chi connectivity index (χ2n) is 4.41. The Kier molecular flexibility index (Phi) is 3.34. The summed E-state index contributed by atoms with van der Waals surface area (Å²) in [6.07, 6.45) is 0.358. The quantitative estimate of drug-likeness (QED) is 0.809. The Balaban J connectivity index is 2.36. The minimum Gasteiger partial charge on any atom is -0.496 e. The van der Waals surface area contributed by atoms with Crippen LogP contribution in [0.4, 0.5) is 5.69 Å². The summed E-state index contributed by atoms with van der Waals surface area (Å²) in [5.74, 6) is 0.413. The second-order valence-corrected chi connectivity index (χ2v) is 4.41. The van der Waals surface area contributed by atoms with Crippen molar-refractivity contribution in [1.82, 2.24) is 0 Å². The molecule has 1 amide bonds. The topological polar surface area (TPSA) is 72.6 Å². The summed E-state index contributed by atoms with van der Waals surface area (Å²) in [6, 6.07) is 4.99. The molecule has 18 heavy (non-hydrogen) atoms. The van der Waals surface area contributed by atoms with Gasteiger partial charge in [0.2, 0.25) is 5.91 Å². The fourth-order valence-electron chi connectivity index (χ4n) is 2.12. The van der Waals surface area contributed by atoms with Crippen molar-refractivity contribution >= 4 is 17.4 Å². The van der Waals surface area contributed by atoms with E-state index in [1.54, 1.807) is 23.1 Å². The largest absolute Gasteiger partial charge is 0.496 e. The zero-order valence-electron chi connectivity index (χ0n) is 10.5. The Bertz CT molecular complexity index is 499. The lowest BCUT2D eigenvalue weighted by molar-refractivity contribution is -0.117. The van der Waals surface area contributed by atoms with Crippen LogP contribution in [0.3, 0.4) is 0 Å². The summed E-state index contributed by atoms with van der Waals surface area (Å²) in [5.41, 5.74) is 6.98. The van der Waals surface area contributed by atoms with E-state index < -0.39 is 0 Å². The zero-order valence-corrected chi connectivity index (χ0v) is 10.5. The SMILES string of the molecule is COc1cc(N2CC(N)CC2=O)ccc1C(C)=O. The van der Waals surface area contributed by atoms with Gasteiger partial charge in [0.25, 0.3) is 0 Å². The van der Waals surface area contributed by atoms with E-state index in [1.807, 2.05) is 0 Å². The molecule has 1 unspecified atom stereocenters. The fraction of sp³-hybridized carbons (Fsp3) is 0.385. The molecule has 1 atom stereocenters. The first-order valence-electron chi connectivity index (χ1n) is 5.78. The van der Waals surface area contributed by atoms with Gasteiger partial charge in [0.1, 0.15) is 5.75 Å². The van der Waals surface area contributed by atoms with Gasteiger partial charge in [-0.25, -0.2) is 0 Å². The lowest BCUT2D eigenvalue weighted by Crippen LogP contribution is -2.28. The monoisotopic (exact) mass is 248 g/mol. The first-order chi connectivity index (χ1) is 8.52. The molecule has 0 saturated carbocycles. The number of ether oxygens (including phenoxy) is 1. The molecule has 2 rings (SSSR count). The van der Waals surface area contributed by atoms with Gasteiger partial charge in [0.05, 0.1) is 12.7 Å². The van der Waals surface area contributed by atoms with Gasteiger partial charge in [0.15, 0.2) is 5.78 Å². The van der Waals surface area contributed by atoms with E-state index in [9.17, 15) is 9.59 Å². The molecule has 1 fully saturated rings. The number of nitrogens with two attached hydrogens (primary N) is 1. The summed E-state index contributed by atoms with van der Waals surface area (Å²) in [7, 11) is 1.50. The van der Waals surface area contributed by atoms with E-state index >= 15 is 0 Å². The van der Waals surface area contributed by atoms with Gasteiger partial charge in [-0.3, -0.25) is 9.59 Å². The molecular weight excluding hydrogens is 232 g/mol. The lowest BCUT2D eigenvalue weighted by atomic mass is 10.1. The Morgan fingerprint density at radius 1 is 1.50 bits per heavy atom. The van der Waals surface area contributed by atoms with Crippen LogP contribution in [0.25, 0.3) is 0 Å². The summed E-state index contributed by atoms with van der Waals surface area (Å²) in [5, 5.41) is 0. The number of anilines is 1. The molecule has 5 nitrogen and oxygen atoms in total. The molecule has 0 spiro atoms. The maximum absolute atomic E-state index is 11.7. The maximum Gasteiger partial charge on any atom is 0.228 e. The van der Waals surface area contributed by atoms with E-state index in [0.717, 1.165) is 5.69 Å². The number of methoxy groups -OCH3 is 1. The van der Waals surface area contributed by atoms with Gasteiger partial charge >= 0.3 is 0 Å². The summed E-state index contributed by atoms with van der Waals surface area (Å²) in [4.78, 5) is 24.8. The smallest absolute Gasteiger partial charge is 0.228 e. The number of hydrogen-bond donors (Lipinski definition) is 1. The molecule has 0 radical (unpaired) electrons. The highest BCUT2D eigenvalue weighted by atomic mass is 16.5. The van der Waals surface area contributed by atoms with Crippen LogP contribution in [-0.4, -0.2) is 31.4 Å². The van der Waals surface area contributed by atoms with E-state index in [2.05, 4.69) is 0 Å². The molecule has 1 aromatic carbocycles. The van der Waals surface area contributed by atoms with Crippen molar-refractivity contribution in [2.24, 2.45) is 5.73 Å². The van der Waals surface area contributed by atoms with Crippen LogP contribution in [0, 0.1) is 0 Å². The minimum absolute atomic E-state index is 0.000119. The molecule has 0 aromatic heterocycles. The van der Waals surface area contributed by atoms with Crippen LogP contribution in [0.5, 0.6) is 5.75 Å². The van der Waals surface area contributed by atoms with Crippen LogP contribution < -0.4 is 15.4 Å². The Hall–Kier alpha value is -1.88. The number of amides is 1. The molecule has 1 aromatic rings. The highest BCUT2D eigenvalue weighted by molar-refractivity contribution is 6.00. The first kappa shape index (κ1) is 12.6. The van der Waals surface area contributed by atoms with Crippen molar-refractivity contribution in [3.63, 3.8) is 0 Å². The molecule has 1 heterocycles. The van der Waals surface area contributed by atoms with Gasteiger partial charge in [-0.15, -0.1) is 0 Å².